The van der Waals surface area contributed by atoms with Gasteiger partial charge in [0.1, 0.15) is 16.9 Å². The number of benzene rings is 2. The highest BCUT2D eigenvalue weighted by Gasteiger charge is 2.19. The lowest BCUT2D eigenvalue weighted by molar-refractivity contribution is 0.403. The van der Waals surface area contributed by atoms with Crippen LogP contribution in [0, 0.1) is 6.92 Å². The largest absolute Gasteiger partial charge is 0.504 e. The summed E-state index contributed by atoms with van der Waals surface area (Å²) < 4.78 is 11.3. The van der Waals surface area contributed by atoms with Crippen molar-refractivity contribution in [2.24, 2.45) is 0 Å². The molecule has 0 amide bonds. The Labute approximate surface area is 134 Å². The lowest BCUT2D eigenvalue weighted by Gasteiger charge is -2.11. The Kier molecular flexibility index (Phi) is 2.83. The maximum atomic E-state index is 10.6. The van der Waals surface area contributed by atoms with Gasteiger partial charge in [-0.15, -0.1) is 0 Å². The van der Waals surface area contributed by atoms with Gasteiger partial charge in [-0.25, -0.2) is 0 Å². The van der Waals surface area contributed by atoms with Gasteiger partial charge >= 0.3 is 5.43 Å². The molecule has 0 aliphatic heterocycles. The van der Waals surface area contributed by atoms with Crippen molar-refractivity contribution in [3.05, 3.63) is 47.6 Å². The Hall–Kier alpha value is -3.41. The molecule has 0 saturated heterocycles. The summed E-state index contributed by atoms with van der Waals surface area (Å²) in [5.41, 5.74) is 1.05. The topological polar surface area (TPSA) is 108 Å². The molecular weight excluding hydrogens is 312 g/mol. The maximum absolute atomic E-state index is 10.6. The third-order valence-corrected chi connectivity index (χ3v) is 3.86. The van der Waals surface area contributed by atoms with Gasteiger partial charge in [0.25, 0.3) is 0 Å². The zero-order valence-corrected chi connectivity index (χ0v) is 12.6. The molecule has 0 atom stereocenters. The average Bonchev–Trinajstić information content (AvgIpc) is 2.52. The molecule has 0 unspecified atom stereocenters. The molecule has 24 heavy (non-hydrogen) atoms. The van der Waals surface area contributed by atoms with Crippen LogP contribution in [-0.4, -0.2) is 20.1 Å². The maximum Gasteiger partial charge on any atom is 0.347 e. The lowest BCUT2D eigenvalue weighted by Crippen LogP contribution is -2.00. The zero-order chi connectivity index (χ0) is 17.0. The summed E-state index contributed by atoms with van der Waals surface area (Å²) in [6, 6.07) is 8.62. The van der Waals surface area contributed by atoms with Gasteiger partial charge < -0.3 is 24.2 Å². The number of aryl methyl sites for hydroxylation is 1. The standard InChI is InChI=1S/C18H12O6/c1-8-4-11-16-14(23-8)6-10(19)7-15(16)24-18(17(11)22)9-2-3-12(20)13(21)5-9/h2-7,20-22H,1H3/p+1. The molecule has 4 aromatic rings. The molecule has 2 aromatic heterocycles. The summed E-state index contributed by atoms with van der Waals surface area (Å²) in [5, 5.41) is 30.8. The molecule has 6 nitrogen and oxygen atoms in total. The van der Waals surface area contributed by atoms with E-state index >= 15 is 0 Å². The number of hydrogen-bond donors (Lipinski definition) is 3. The second-order valence-corrected chi connectivity index (χ2v) is 5.57. The molecule has 6 heteroatoms. The minimum absolute atomic E-state index is 0.0351. The normalized spacial score (nSPS) is 11.4. The fraction of sp³-hybridized carbons (Fsp3) is 0.0556. The highest BCUT2D eigenvalue weighted by molar-refractivity contribution is 6.09. The third kappa shape index (κ3) is 2.00. The lowest BCUT2D eigenvalue weighted by atomic mass is 10.0. The molecule has 2 aromatic carbocycles. The van der Waals surface area contributed by atoms with Crippen molar-refractivity contribution in [1.29, 1.82) is 0 Å². The van der Waals surface area contributed by atoms with E-state index in [0.717, 1.165) is 0 Å². The fourth-order valence-electron chi connectivity index (χ4n) is 2.81. The number of rotatable bonds is 1. The van der Waals surface area contributed by atoms with Gasteiger partial charge in [0.05, 0.1) is 17.5 Å². The summed E-state index contributed by atoms with van der Waals surface area (Å²) in [7, 11) is 0. The van der Waals surface area contributed by atoms with E-state index in [2.05, 4.69) is 0 Å². The van der Waals surface area contributed by atoms with Crippen molar-refractivity contribution in [1.82, 2.24) is 0 Å². The van der Waals surface area contributed by atoms with Gasteiger partial charge in [-0.05, 0) is 31.2 Å². The molecule has 0 spiro atoms. The van der Waals surface area contributed by atoms with Crippen LogP contribution in [-0.2, 0) is 0 Å². The van der Waals surface area contributed by atoms with Gasteiger partial charge in [0.2, 0.25) is 0 Å². The van der Waals surface area contributed by atoms with E-state index in [0.29, 0.717) is 33.3 Å². The minimum atomic E-state index is -0.331. The number of hydrogen-bond acceptors (Lipinski definition) is 5. The first kappa shape index (κ1) is 14.2. The van der Waals surface area contributed by atoms with Gasteiger partial charge in [0, 0.05) is 10.9 Å². The van der Waals surface area contributed by atoms with Crippen LogP contribution in [0.4, 0.5) is 0 Å². The van der Waals surface area contributed by atoms with Gasteiger partial charge in [-0.2, -0.15) is 0 Å². The second kappa shape index (κ2) is 4.79. The van der Waals surface area contributed by atoms with E-state index in [1.54, 1.807) is 13.0 Å². The Morgan fingerprint density at radius 1 is 0.875 bits per heavy atom. The molecule has 4 N–H and O–H groups in total. The summed E-state index contributed by atoms with van der Waals surface area (Å²) in [6.07, 6.45) is 0. The van der Waals surface area contributed by atoms with E-state index in [9.17, 15) is 20.1 Å². The molecule has 0 radical (unpaired) electrons. The Balaban J connectivity index is 2.16. The summed E-state index contributed by atoms with van der Waals surface area (Å²) in [4.78, 5) is 9.86. The number of phenols is 2. The Morgan fingerprint density at radius 2 is 1.58 bits per heavy atom. The van der Waals surface area contributed by atoms with E-state index in [1.165, 1.54) is 30.3 Å². The molecule has 0 saturated carbocycles. The van der Waals surface area contributed by atoms with Crippen LogP contribution < -0.4 is 5.43 Å². The first-order chi connectivity index (χ1) is 11.4. The van der Waals surface area contributed by atoms with Crippen LogP contribution >= 0.6 is 0 Å². The molecule has 0 fully saturated rings. The van der Waals surface area contributed by atoms with Crippen molar-refractivity contribution in [3.8, 4) is 28.6 Å². The van der Waals surface area contributed by atoms with Crippen LogP contribution in [0.5, 0.6) is 17.2 Å². The second-order valence-electron chi connectivity index (χ2n) is 5.57. The quantitative estimate of drug-likeness (QED) is 0.367. The smallest absolute Gasteiger partial charge is 0.347 e. The van der Waals surface area contributed by atoms with E-state index in [-0.39, 0.29) is 28.4 Å². The van der Waals surface area contributed by atoms with Crippen LogP contribution in [0.3, 0.4) is 0 Å². The van der Waals surface area contributed by atoms with Crippen LogP contribution in [0.15, 0.2) is 45.2 Å². The van der Waals surface area contributed by atoms with Gasteiger partial charge in [-0.3, -0.25) is 4.79 Å². The van der Waals surface area contributed by atoms with Crippen molar-refractivity contribution in [2.75, 3.05) is 0 Å². The third-order valence-electron chi connectivity index (χ3n) is 3.86. The van der Waals surface area contributed by atoms with Crippen LogP contribution in [0.1, 0.15) is 5.76 Å². The first-order valence-electron chi connectivity index (χ1n) is 7.18. The predicted octanol–water partition coefficient (Wildman–Crippen LogP) is 3.28. The Bertz CT molecular complexity index is 1170. The summed E-state index contributed by atoms with van der Waals surface area (Å²) in [5.74, 6) is -0.0696. The van der Waals surface area contributed by atoms with Crippen LogP contribution in [0.2, 0.25) is 0 Å². The zero-order valence-electron chi connectivity index (χ0n) is 12.6. The van der Waals surface area contributed by atoms with E-state index < -0.39 is 0 Å². The van der Waals surface area contributed by atoms with E-state index in [4.69, 9.17) is 8.83 Å². The number of phenolic OH excluding ortho intramolecular Hbond substituents is 2. The summed E-state index contributed by atoms with van der Waals surface area (Å²) >= 11 is 0. The van der Waals surface area contributed by atoms with Crippen molar-refractivity contribution in [3.63, 3.8) is 0 Å². The molecule has 0 aliphatic rings. The SMILES string of the molecule is Cc1cc2c(O)c(-c3ccc(O)c(O)c3)oc3cc(=[OH+])cc(o1)c32. The predicted molar refractivity (Wildman–Crippen MR) is 86.2 cm³/mol. The highest BCUT2D eigenvalue weighted by Crippen LogP contribution is 2.42. The molecule has 2 heterocycles. The first-order valence-corrected chi connectivity index (χ1v) is 7.18. The summed E-state index contributed by atoms with van der Waals surface area (Å²) in [6.45, 7) is 1.73. The van der Waals surface area contributed by atoms with Crippen molar-refractivity contribution < 1.29 is 28.9 Å². The van der Waals surface area contributed by atoms with Gasteiger partial charge in [-0.1, -0.05) is 0 Å². The molecule has 4 rings (SSSR count). The molecular formula is C18H13O6+. The van der Waals surface area contributed by atoms with Crippen LogP contribution in [0.25, 0.3) is 33.3 Å². The Morgan fingerprint density at radius 3 is 2.29 bits per heavy atom. The van der Waals surface area contributed by atoms with Crippen molar-refractivity contribution in [2.45, 2.75) is 6.92 Å². The fourth-order valence-corrected chi connectivity index (χ4v) is 2.81. The monoisotopic (exact) mass is 325 g/mol. The molecule has 120 valence electrons. The van der Waals surface area contributed by atoms with E-state index in [1.807, 2.05) is 0 Å². The molecule has 0 aliphatic carbocycles. The minimum Gasteiger partial charge on any atom is -0.504 e. The van der Waals surface area contributed by atoms with Gasteiger partial charge in [0.15, 0.2) is 23.0 Å². The highest BCUT2D eigenvalue weighted by atomic mass is 16.4. The van der Waals surface area contributed by atoms with Crippen molar-refractivity contribution >= 4 is 21.9 Å². The molecule has 0 bridgehead atoms. The number of aromatic hydroxyl groups is 3. The average molecular weight is 325 g/mol.